The third-order valence-electron chi connectivity index (χ3n) is 5.68. The van der Waals surface area contributed by atoms with E-state index in [1.807, 2.05) is 48.6 Å². The molecule has 1 fully saturated rings. The average molecular weight is 454 g/mol. The molecule has 0 aliphatic carbocycles. The van der Waals surface area contributed by atoms with Crippen molar-refractivity contribution in [3.05, 3.63) is 83.2 Å². The van der Waals surface area contributed by atoms with Crippen molar-refractivity contribution in [3.63, 3.8) is 0 Å². The Labute approximate surface area is 186 Å². The second-order valence-corrected chi connectivity index (χ2v) is 10.9. The molecule has 160 valence electrons. The third kappa shape index (κ3) is 4.13. The Morgan fingerprint density at radius 1 is 1.10 bits per heavy atom. The van der Waals surface area contributed by atoms with E-state index in [0.29, 0.717) is 30.3 Å². The highest BCUT2D eigenvalue weighted by atomic mass is 32.2. The molecule has 31 heavy (non-hydrogen) atoms. The van der Waals surface area contributed by atoms with E-state index < -0.39 is 15.6 Å². The van der Waals surface area contributed by atoms with Crippen LogP contribution in [0.1, 0.15) is 17.5 Å². The number of hydrogen-bond acceptors (Lipinski definition) is 5. The largest absolute Gasteiger partial charge is 0.493 e. The minimum atomic E-state index is -3.48. The first kappa shape index (κ1) is 20.3. The predicted octanol–water partition coefficient (Wildman–Crippen LogP) is 4.61. The van der Waals surface area contributed by atoms with Gasteiger partial charge in [-0.1, -0.05) is 42.5 Å². The van der Waals surface area contributed by atoms with Crippen molar-refractivity contribution in [1.29, 1.82) is 0 Å². The second kappa shape index (κ2) is 8.15. The fraction of sp³-hybridized carbons (Fsp3) is 0.250. The zero-order valence-electron chi connectivity index (χ0n) is 16.9. The van der Waals surface area contributed by atoms with Crippen LogP contribution >= 0.6 is 11.3 Å². The quantitative estimate of drug-likeness (QED) is 0.547. The van der Waals surface area contributed by atoms with Crippen LogP contribution < -0.4 is 9.47 Å². The van der Waals surface area contributed by atoms with Gasteiger partial charge < -0.3 is 9.47 Å². The average Bonchev–Trinajstić information content (AvgIpc) is 3.46. The number of sulfonamides is 1. The minimum absolute atomic E-state index is 0.308. The van der Waals surface area contributed by atoms with Gasteiger partial charge in [0.05, 0.1) is 13.2 Å². The molecule has 5 rings (SSSR count). The van der Waals surface area contributed by atoms with Crippen LogP contribution in [0.15, 0.2) is 76.3 Å². The van der Waals surface area contributed by atoms with E-state index in [1.54, 1.807) is 17.5 Å². The topological polar surface area (TPSA) is 55.8 Å². The standard InChI is InChI=1S/C24H23NO4S2/c26-31(27,23-7-4-16-30-23)25-14-13-24(18-25)12-10-20-8-9-21(17-22(20)29-24)28-15-11-19-5-2-1-3-6-19/h1-10,12,16-17H,11,13-15,18H2/t24-/m1/s1. The lowest BCUT2D eigenvalue weighted by Crippen LogP contribution is -2.40. The van der Waals surface area contributed by atoms with Crippen molar-refractivity contribution in [2.45, 2.75) is 22.7 Å². The van der Waals surface area contributed by atoms with Gasteiger partial charge >= 0.3 is 0 Å². The highest BCUT2D eigenvalue weighted by Crippen LogP contribution is 2.40. The molecule has 2 aromatic carbocycles. The Balaban J connectivity index is 1.27. The Kier molecular flexibility index (Phi) is 5.33. The third-order valence-corrected chi connectivity index (χ3v) is 8.90. The summed E-state index contributed by atoms with van der Waals surface area (Å²) < 4.78 is 40.0. The number of benzene rings is 2. The van der Waals surface area contributed by atoms with Crippen molar-refractivity contribution in [2.24, 2.45) is 0 Å². The number of nitrogens with zero attached hydrogens (tertiary/aromatic N) is 1. The number of hydrogen-bond donors (Lipinski definition) is 0. The maximum atomic E-state index is 12.9. The molecule has 7 heteroatoms. The maximum absolute atomic E-state index is 12.9. The van der Waals surface area contributed by atoms with Crippen LogP contribution in [0.5, 0.6) is 11.5 Å². The van der Waals surface area contributed by atoms with Crippen LogP contribution in [-0.4, -0.2) is 38.0 Å². The summed E-state index contributed by atoms with van der Waals surface area (Å²) in [5, 5.41) is 1.78. The summed E-state index contributed by atoms with van der Waals surface area (Å²) in [4.78, 5) is 0. The molecular formula is C24H23NO4S2. The van der Waals surface area contributed by atoms with Gasteiger partial charge in [0.1, 0.15) is 21.3 Å². The first-order chi connectivity index (χ1) is 15.0. The van der Waals surface area contributed by atoms with Gasteiger partial charge in [0.15, 0.2) is 0 Å². The Hall–Kier alpha value is -2.61. The van der Waals surface area contributed by atoms with Crippen LogP contribution in [0.4, 0.5) is 0 Å². The molecule has 0 N–H and O–H groups in total. The molecule has 3 aromatic rings. The Morgan fingerprint density at radius 2 is 1.97 bits per heavy atom. The molecule has 3 heterocycles. The van der Waals surface area contributed by atoms with Crippen LogP contribution in [0.25, 0.3) is 6.08 Å². The zero-order chi connectivity index (χ0) is 21.3. The SMILES string of the molecule is O=S(=O)(c1cccs1)N1CC[C@]2(C=Cc3ccc(OCCc4ccccc4)cc3O2)C1. The van der Waals surface area contributed by atoms with E-state index in [9.17, 15) is 8.42 Å². The van der Waals surface area contributed by atoms with E-state index in [4.69, 9.17) is 9.47 Å². The van der Waals surface area contributed by atoms with E-state index in [2.05, 4.69) is 12.1 Å². The van der Waals surface area contributed by atoms with Crippen LogP contribution in [0, 0.1) is 0 Å². The van der Waals surface area contributed by atoms with Crippen molar-refractivity contribution in [3.8, 4) is 11.5 Å². The number of fused-ring (bicyclic) bond motifs is 1. The summed E-state index contributed by atoms with van der Waals surface area (Å²) in [7, 11) is -3.48. The number of thiophene rings is 1. The smallest absolute Gasteiger partial charge is 0.252 e. The number of rotatable bonds is 6. The predicted molar refractivity (Wildman–Crippen MR) is 122 cm³/mol. The monoisotopic (exact) mass is 453 g/mol. The van der Waals surface area contributed by atoms with Crippen LogP contribution in [-0.2, 0) is 16.4 Å². The van der Waals surface area contributed by atoms with Crippen LogP contribution in [0.3, 0.4) is 0 Å². The molecule has 0 amide bonds. The molecule has 1 aromatic heterocycles. The summed E-state index contributed by atoms with van der Waals surface area (Å²) in [6.07, 6.45) is 5.47. The van der Waals surface area contributed by atoms with Crippen LogP contribution in [0.2, 0.25) is 0 Å². The molecule has 0 bridgehead atoms. The fourth-order valence-electron chi connectivity index (χ4n) is 3.99. The summed E-state index contributed by atoms with van der Waals surface area (Å²) in [5.74, 6) is 1.48. The normalized spacial score (nSPS) is 20.5. The van der Waals surface area contributed by atoms with E-state index in [-0.39, 0.29) is 0 Å². The van der Waals surface area contributed by atoms with Gasteiger partial charge in [-0.25, -0.2) is 8.42 Å². The Morgan fingerprint density at radius 3 is 2.77 bits per heavy atom. The van der Waals surface area contributed by atoms with Crippen molar-refractivity contribution < 1.29 is 17.9 Å². The van der Waals surface area contributed by atoms with Gasteiger partial charge in [-0.3, -0.25) is 0 Å². The molecule has 1 spiro atoms. The second-order valence-electron chi connectivity index (χ2n) is 7.80. The summed E-state index contributed by atoms with van der Waals surface area (Å²) in [6, 6.07) is 19.5. The molecule has 0 unspecified atom stereocenters. The molecule has 0 radical (unpaired) electrons. The maximum Gasteiger partial charge on any atom is 0.252 e. The molecule has 1 atom stereocenters. The van der Waals surface area contributed by atoms with Gasteiger partial charge in [-0.05, 0) is 35.2 Å². The minimum Gasteiger partial charge on any atom is -0.493 e. The van der Waals surface area contributed by atoms with Gasteiger partial charge in [0, 0.05) is 31.0 Å². The lowest BCUT2D eigenvalue weighted by atomic mass is 9.97. The number of ether oxygens (including phenoxy) is 2. The van der Waals surface area contributed by atoms with Gasteiger partial charge in [-0.15, -0.1) is 11.3 Å². The Bertz CT molecular complexity index is 1190. The van der Waals surface area contributed by atoms with E-state index in [0.717, 1.165) is 23.5 Å². The molecular weight excluding hydrogens is 430 g/mol. The first-order valence-corrected chi connectivity index (χ1v) is 12.6. The van der Waals surface area contributed by atoms with Crippen molar-refractivity contribution in [1.82, 2.24) is 4.31 Å². The molecule has 2 aliphatic rings. The highest BCUT2D eigenvalue weighted by Gasteiger charge is 2.45. The first-order valence-electron chi connectivity index (χ1n) is 10.3. The van der Waals surface area contributed by atoms with E-state index >= 15 is 0 Å². The van der Waals surface area contributed by atoms with Crippen molar-refractivity contribution in [2.75, 3.05) is 19.7 Å². The van der Waals surface area contributed by atoms with E-state index in [1.165, 1.54) is 21.2 Å². The van der Waals surface area contributed by atoms with Gasteiger partial charge in [-0.2, -0.15) is 4.31 Å². The van der Waals surface area contributed by atoms with Crippen molar-refractivity contribution >= 4 is 27.4 Å². The molecule has 2 aliphatic heterocycles. The highest BCUT2D eigenvalue weighted by molar-refractivity contribution is 7.91. The lowest BCUT2D eigenvalue weighted by Gasteiger charge is -2.31. The summed E-state index contributed by atoms with van der Waals surface area (Å²) in [5.41, 5.74) is 1.57. The van der Waals surface area contributed by atoms with Gasteiger partial charge in [0.2, 0.25) is 0 Å². The molecule has 5 nitrogen and oxygen atoms in total. The molecule has 0 saturated carbocycles. The summed E-state index contributed by atoms with van der Waals surface area (Å²) in [6.45, 7) is 1.33. The lowest BCUT2D eigenvalue weighted by molar-refractivity contribution is 0.132. The van der Waals surface area contributed by atoms with Gasteiger partial charge in [0.25, 0.3) is 10.0 Å². The fourth-order valence-corrected chi connectivity index (χ4v) is 6.63. The molecule has 1 saturated heterocycles. The zero-order valence-corrected chi connectivity index (χ0v) is 18.6. The summed E-state index contributed by atoms with van der Waals surface area (Å²) >= 11 is 1.24.